The lowest BCUT2D eigenvalue weighted by molar-refractivity contribution is 0.272. The van der Waals surface area contributed by atoms with Crippen molar-refractivity contribution in [2.24, 2.45) is 0 Å². The van der Waals surface area contributed by atoms with Gasteiger partial charge in [-0.05, 0) is 55.1 Å². The van der Waals surface area contributed by atoms with Crippen LogP contribution >= 0.6 is 0 Å². The third-order valence-electron chi connectivity index (χ3n) is 5.27. The van der Waals surface area contributed by atoms with Crippen molar-refractivity contribution in [3.05, 3.63) is 30.1 Å². The van der Waals surface area contributed by atoms with Gasteiger partial charge in [-0.25, -0.2) is 4.98 Å². The van der Waals surface area contributed by atoms with E-state index in [0.717, 1.165) is 24.7 Å². The van der Waals surface area contributed by atoms with Gasteiger partial charge in [0.25, 0.3) is 0 Å². The molecule has 4 heteroatoms. The molecule has 2 aromatic heterocycles. The molecule has 0 atom stereocenters. The van der Waals surface area contributed by atoms with Gasteiger partial charge < -0.3 is 8.99 Å². The molecule has 0 amide bonds. The van der Waals surface area contributed by atoms with Gasteiger partial charge in [0.2, 0.25) is 0 Å². The molecule has 120 valence electrons. The van der Waals surface area contributed by atoms with E-state index in [2.05, 4.69) is 55.5 Å². The molecule has 0 aromatic carbocycles. The summed E-state index contributed by atoms with van der Waals surface area (Å²) in [5.74, 6) is 0.738. The Kier molecular flexibility index (Phi) is 3.94. The quantitative estimate of drug-likeness (QED) is 0.731. The average Bonchev–Trinajstić information content (AvgIpc) is 3.21. The van der Waals surface area contributed by atoms with Crippen LogP contribution in [0.2, 0.25) is 18.1 Å². The first-order valence-electron chi connectivity index (χ1n) is 8.38. The lowest BCUT2D eigenvalue weighted by atomic mass is 10.2. The Hall–Kier alpha value is -1.13. The molecule has 2 aromatic rings. The summed E-state index contributed by atoms with van der Waals surface area (Å²) in [6.45, 7) is 13.2. The second kappa shape index (κ2) is 5.50. The van der Waals surface area contributed by atoms with E-state index >= 15 is 0 Å². The van der Waals surface area contributed by atoms with E-state index in [4.69, 9.17) is 4.43 Å². The zero-order valence-electron chi connectivity index (χ0n) is 14.5. The van der Waals surface area contributed by atoms with Crippen LogP contribution in [-0.4, -0.2) is 24.5 Å². The van der Waals surface area contributed by atoms with Crippen molar-refractivity contribution in [1.82, 2.24) is 9.55 Å². The molecule has 1 aliphatic carbocycles. The Bertz CT molecular complexity index is 665. The predicted octanol–water partition coefficient (Wildman–Crippen LogP) is 4.94. The Morgan fingerprint density at radius 2 is 2.05 bits per heavy atom. The van der Waals surface area contributed by atoms with Gasteiger partial charge in [0.15, 0.2) is 8.32 Å². The van der Waals surface area contributed by atoms with E-state index in [1.807, 2.05) is 12.3 Å². The number of aromatic nitrogens is 2. The summed E-state index contributed by atoms with van der Waals surface area (Å²) >= 11 is 0. The number of nitrogens with zero attached hydrogens (tertiary/aromatic N) is 2. The van der Waals surface area contributed by atoms with E-state index in [1.54, 1.807) is 0 Å². The predicted molar refractivity (Wildman–Crippen MR) is 94.9 cm³/mol. The van der Waals surface area contributed by atoms with Gasteiger partial charge in [0.05, 0.1) is 6.61 Å². The molecule has 0 spiro atoms. The van der Waals surface area contributed by atoms with E-state index in [9.17, 15) is 0 Å². The molecule has 0 aliphatic heterocycles. The lowest BCUT2D eigenvalue weighted by Gasteiger charge is -2.36. The summed E-state index contributed by atoms with van der Waals surface area (Å²) in [5.41, 5.74) is 2.57. The maximum Gasteiger partial charge on any atom is 0.192 e. The molecule has 1 aliphatic rings. The highest BCUT2D eigenvalue weighted by Gasteiger charge is 2.37. The fourth-order valence-electron chi connectivity index (χ4n) is 2.67. The fraction of sp³-hybridized carbons (Fsp3) is 0.611. The van der Waals surface area contributed by atoms with Crippen LogP contribution in [0.5, 0.6) is 0 Å². The summed E-state index contributed by atoms with van der Waals surface area (Å²) < 4.78 is 8.75. The number of fused-ring (bicyclic) bond motifs is 1. The smallest absolute Gasteiger partial charge is 0.192 e. The number of hydrogen-bond acceptors (Lipinski definition) is 2. The van der Waals surface area contributed by atoms with Crippen LogP contribution in [0.15, 0.2) is 24.4 Å². The van der Waals surface area contributed by atoms with Gasteiger partial charge in [-0.15, -0.1) is 0 Å². The standard InChI is InChI=1S/C18H28N2OSi/c1-18(2,3)22(4,5)21-12-11-20-16(14-8-9-14)13-15-7-6-10-19-17(15)20/h6-7,10,13-14H,8-9,11-12H2,1-5H3. The van der Waals surface area contributed by atoms with Crippen LogP contribution in [0.4, 0.5) is 0 Å². The fourth-order valence-corrected chi connectivity index (χ4v) is 3.70. The second-order valence-corrected chi connectivity index (χ2v) is 12.8. The molecular weight excluding hydrogens is 288 g/mol. The van der Waals surface area contributed by atoms with Crippen molar-refractivity contribution >= 4 is 19.4 Å². The largest absolute Gasteiger partial charge is 0.415 e. The van der Waals surface area contributed by atoms with Crippen molar-refractivity contribution < 1.29 is 4.43 Å². The summed E-state index contributed by atoms with van der Waals surface area (Å²) in [6.07, 6.45) is 4.53. The molecule has 1 saturated carbocycles. The Balaban J connectivity index is 1.78. The third-order valence-corrected chi connectivity index (χ3v) is 9.81. The molecule has 2 heterocycles. The number of hydrogen-bond donors (Lipinski definition) is 0. The van der Waals surface area contributed by atoms with Gasteiger partial charge >= 0.3 is 0 Å². The van der Waals surface area contributed by atoms with Crippen LogP contribution in [0.25, 0.3) is 11.0 Å². The molecule has 3 rings (SSSR count). The normalized spacial score (nSPS) is 16.4. The van der Waals surface area contributed by atoms with Crippen molar-refractivity contribution in [1.29, 1.82) is 0 Å². The monoisotopic (exact) mass is 316 g/mol. The molecular formula is C18H28N2OSi. The van der Waals surface area contributed by atoms with Crippen LogP contribution < -0.4 is 0 Å². The van der Waals surface area contributed by atoms with Crippen molar-refractivity contribution in [3.8, 4) is 0 Å². The maximum absolute atomic E-state index is 6.36. The van der Waals surface area contributed by atoms with E-state index < -0.39 is 8.32 Å². The molecule has 3 nitrogen and oxygen atoms in total. The topological polar surface area (TPSA) is 27.1 Å². The highest BCUT2D eigenvalue weighted by atomic mass is 28.4. The number of pyridine rings is 1. The Morgan fingerprint density at radius 3 is 2.68 bits per heavy atom. The summed E-state index contributed by atoms with van der Waals surface area (Å²) in [6, 6.07) is 6.52. The average molecular weight is 317 g/mol. The molecule has 0 bridgehead atoms. The van der Waals surface area contributed by atoms with Gasteiger partial charge in [0, 0.05) is 23.8 Å². The van der Waals surface area contributed by atoms with Crippen LogP contribution in [0, 0.1) is 0 Å². The van der Waals surface area contributed by atoms with Crippen LogP contribution in [0.1, 0.15) is 45.2 Å². The van der Waals surface area contributed by atoms with Gasteiger partial charge in [-0.1, -0.05) is 20.8 Å². The van der Waals surface area contributed by atoms with Gasteiger partial charge in [-0.2, -0.15) is 0 Å². The molecule has 22 heavy (non-hydrogen) atoms. The van der Waals surface area contributed by atoms with E-state index in [1.165, 1.54) is 23.9 Å². The first kappa shape index (κ1) is 15.8. The summed E-state index contributed by atoms with van der Waals surface area (Å²) in [7, 11) is -1.67. The molecule has 0 N–H and O–H groups in total. The third kappa shape index (κ3) is 2.99. The van der Waals surface area contributed by atoms with Crippen LogP contribution in [-0.2, 0) is 11.0 Å². The van der Waals surface area contributed by atoms with Gasteiger partial charge in [0.1, 0.15) is 5.65 Å². The van der Waals surface area contributed by atoms with Crippen molar-refractivity contribution in [2.75, 3.05) is 6.61 Å². The zero-order valence-corrected chi connectivity index (χ0v) is 15.5. The highest BCUT2D eigenvalue weighted by Crippen LogP contribution is 2.42. The van der Waals surface area contributed by atoms with E-state index in [0.29, 0.717) is 0 Å². The van der Waals surface area contributed by atoms with Crippen molar-refractivity contribution in [3.63, 3.8) is 0 Å². The first-order valence-corrected chi connectivity index (χ1v) is 11.3. The van der Waals surface area contributed by atoms with Crippen LogP contribution in [0.3, 0.4) is 0 Å². The Labute approximate surface area is 134 Å². The lowest BCUT2D eigenvalue weighted by Crippen LogP contribution is -2.41. The number of rotatable bonds is 5. The minimum Gasteiger partial charge on any atom is -0.415 e. The maximum atomic E-state index is 6.36. The molecule has 1 fully saturated rings. The summed E-state index contributed by atoms with van der Waals surface area (Å²) in [5, 5.41) is 1.53. The highest BCUT2D eigenvalue weighted by molar-refractivity contribution is 6.74. The first-order chi connectivity index (χ1) is 10.3. The summed E-state index contributed by atoms with van der Waals surface area (Å²) in [4.78, 5) is 4.59. The van der Waals surface area contributed by atoms with Crippen molar-refractivity contribution in [2.45, 2.75) is 64.2 Å². The van der Waals surface area contributed by atoms with E-state index in [-0.39, 0.29) is 5.04 Å². The SMILES string of the molecule is CC(C)(C)[Si](C)(C)OCCn1c(C2CC2)cc2cccnc21. The second-order valence-electron chi connectivity index (χ2n) is 8.02. The minimum absolute atomic E-state index is 0.267. The zero-order chi connectivity index (χ0) is 16.0. The minimum atomic E-state index is -1.67. The Morgan fingerprint density at radius 1 is 1.32 bits per heavy atom. The van der Waals surface area contributed by atoms with Gasteiger partial charge in [-0.3, -0.25) is 0 Å². The molecule has 0 saturated heterocycles. The molecule has 0 unspecified atom stereocenters. The molecule has 0 radical (unpaired) electrons.